The lowest BCUT2D eigenvalue weighted by Crippen LogP contribution is -2.37. The first kappa shape index (κ1) is 18.9. The molecule has 4 heteroatoms. The van der Waals surface area contributed by atoms with Gasteiger partial charge in [-0.2, -0.15) is 5.26 Å². The summed E-state index contributed by atoms with van der Waals surface area (Å²) in [5.74, 6) is 2.45. The van der Waals surface area contributed by atoms with Crippen molar-refractivity contribution in [3.8, 4) is 6.07 Å². The van der Waals surface area contributed by atoms with E-state index in [1.165, 1.54) is 6.42 Å². The van der Waals surface area contributed by atoms with E-state index in [1.807, 2.05) is 30.0 Å². The minimum absolute atomic E-state index is 0.583. The van der Waals surface area contributed by atoms with Gasteiger partial charge in [-0.05, 0) is 48.4 Å². The second-order valence-electron chi connectivity index (χ2n) is 7.34. The van der Waals surface area contributed by atoms with Crippen molar-refractivity contribution in [1.29, 1.82) is 5.26 Å². The van der Waals surface area contributed by atoms with Gasteiger partial charge in [-0.25, -0.2) is 4.99 Å². The van der Waals surface area contributed by atoms with Gasteiger partial charge in [0, 0.05) is 18.3 Å². The van der Waals surface area contributed by atoms with E-state index in [9.17, 15) is 0 Å². The maximum Gasteiger partial charge on any atom is 0.164 e. The summed E-state index contributed by atoms with van der Waals surface area (Å²) in [5.41, 5.74) is 2.88. The average Bonchev–Trinajstić information content (AvgIpc) is 2.88. The fraction of sp³-hybridized carbons (Fsp3) is 0.600. The van der Waals surface area contributed by atoms with E-state index < -0.39 is 0 Å². The molecule has 0 bridgehead atoms. The Morgan fingerprint density at radius 2 is 2.04 bits per heavy atom. The smallest absolute Gasteiger partial charge is 0.164 e. The van der Waals surface area contributed by atoms with Crippen LogP contribution in [-0.2, 0) is 6.42 Å². The van der Waals surface area contributed by atoms with E-state index in [2.05, 4.69) is 45.6 Å². The van der Waals surface area contributed by atoms with Crippen molar-refractivity contribution in [2.24, 2.45) is 16.8 Å². The second-order valence-corrected chi connectivity index (χ2v) is 8.33. The van der Waals surface area contributed by atoms with Crippen molar-refractivity contribution >= 4 is 22.6 Å². The van der Waals surface area contributed by atoms with Crippen LogP contribution in [0.4, 0.5) is 5.69 Å². The van der Waals surface area contributed by atoms with Crippen LogP contribution in [0.5, 0.6) is 0 Å². The lowest BCUT2D eigenvalue weighted by Gasteiger charge is -2.29. The van der Waals surface area contributed by atoms with Gasteiger partial charge in [-0.1, -0.05) is 46.4 Å². The largest absolute Gasteiger partial charge is 0.347 e. The Labute approximate surface area is 151 Å². The summed E-state index contributed by atoms with van der Waals surface area (Å²) in [6, 6.07) is 8.64. The topological polar surface area (TPSA) is 39.4 Å². The molecule has 24 heavy (non-hydrogen) atoms. The van der Waals surface area contributed by atoms with E-state index in [1.54, 1.807) is 0 Å². The molecule has 1 aliphatic rings. The maximum atomic E-state index is 9.09. The molecule has 1 saturated heterocycles. The summed E-state index contributed by atoms with van der Waals surface area (Å²) in [6.07, 6.45) is 2.11. The van der Waals surface area contributed by atoms with E-state index >= 15 is 0 Å². The van der Waals surface area contributed by atoms with Gasteiger partial charge in [0.25, 0.3) is 0 Å². The van der Waals surface area contributed by atoms with Crippen molar-refractivity contribution in [2.45, 2.75) is 53.5 Å². The third kappa shape index (κ3) is 4.77. The van der Waals surface area contributed by atoms with Crippen molar-refractivity contribution in [3.05, 3.63) is 29.3 Å². The third-order valence-electron chi connectivity index (χ3n) is 4.20. The zero-order chi connectivity index (χ0) is 17.7. The molecule has 0 aliphatic carbocycles. The zero-order valence-electron chi connectivity index (χ0n) is 15.5. The number of hydrogen-bond donors (Lipinski definition) is 0. The molecular weight excluding hydrogens is 314 g/mol. The van der Waals surface area contributed by atoms with Crippen molar-refractivity contribution in [2.75, 3.05) is 12.3 Å². The first-order valence-corrected chi connectivity index (χ1v) is 9.94. The number of benzene rings is 1. The number of rotatable bonds is 6. The summed E-state index contributed by atoms with van der Waals surface area (Å²) in [6.45, 7) is 12.3. The fourth-order valence-corrected chi connectivity index (χ4v) is 4.32. The Morgan fingerprint density at radius 3 is 2.62 bits per heavy atom. The van der Waals surface area contributed by atoms with Crippen molar-refractivity contribution in [1.82, 2.24) is 4.90 Å². The molecule has 1 aliphatic heterocycles. The normalized spacial score (nSPS) is 19.5. The number of aliphatic imine (C=N–C) groups is 1. The molecule has 0 radical (unpaired) electrons. The number of nitriles is 1. The summed E-state index contributed by atoms with van der Waals surface area (Å²) in [4.78, 5) is 7.50. The minimum atomic E-state index is 0.583. The molecule has 2 rings (SSSR count). The lowest BCUT2D eigenvalue weighted by atomic mass is 10.0. The van der Waals surface area contributed by atoms with Gasteiger partial charge < -0.3 is 4.90 Å². The number of aryl methyl sites for hydroxylation is 1. The summed E-state index contributed by atoms with van der Waals surface area (Å²) >= 11 is 1.88. The fourth-order valence-electron chi connectivity index (χ4n) is 3.11. The summed E-state index contributed by atoms with van der Waals surface area (Å²) in [5, 5.41) is 10.2. The second kappa shape index (κ2) is 8.58. The SMILES string of the molecule is CCc1cc(C#N)ccc1N=C1SC[C@H](CC(C)C)N1CC(C)C. The van der Waals surface area contributed by atoms with Gasteiger partial charge in [0.1, 0.15) is 0 Å². The standard InChI is InChI=1S/C20H29N3S/c1-6-17-10-16(11-21)7-8-19(17)22-20-23(12-15(4)5)18(13-24-20)9-14(2)3/h7-8,10,14-15,18H,6,9,12-13H2,1-5H3/t18-/m0/s1. The molecule has 1 aromatic rings. The monoisotopic (exact) mass is 343 g/mol. The van der Waals surface area contributed by atoms with Crippen molar-refractivity contribution < 1.29 is 0 Å². The van der Waals surface area contributed by atoms with Crippen LogP contribution < -0.4 is 0 Å². The van der Waals surface area contributed by atoms with Gasteiger partial charge in [-0.15, -0.1) is 0 Å². The molecule has 1 fully saturated rings. The number of thioether (sulfide) groups is 1. The van der Waals surface area contributed by atoms with E-state index in [4.69, 9.17) is 10.3 Å². The molecule has 1 aromatic carbocycles. The quantitative estimate of drug-likeness (QED) is 0.710. The highest BCUT2D eigenvalue weighted by Crippen LogP contribution is 2.32. The highest BCUT2D eigenvalue weighted by Gasteiger charge is 2.31. The van der Waals surface area contributed by atoms with Crippen LogP contribution in [0.3, 0.4) is 0 Å². The molecule has 0 aromatic heterocycles. The molecule has 1 atom stereocenters. The molecule has 0 amide bonds. The van der Waals surface area contributed by atoms with Crippen molar-refractivity contribution in [3.63, 3.8) is 0 Å². The van der Waals surface area contributed by atoms with Gasteiger partial charge in [0.15, 0.2) is 5.17 Å². The predicted molar refractivity (Wildman–Crippen MR) is 105 cm³/mol. The maximum absolute atomic E-state index is 9.09. The van der Waals surface area contributed by atoms with Gasteiger partial charge in [0.2, 0.25) is 0 Å². The molecule has 130 valence electrons. The van der Waals surface area contributed by atoms with E-state index in [0.29, 0.717) is 23.4 Å². The van der Waals surface area contributed by atoms with E-state index in [0.717, 1.165) is 35.1 Å². The Bertz CT molecular complexity index is 628. The van der Waals surface area contributed by atoms with Crippen LogP contribution in [0, 0.1) is 23.2 Å². The Balaban J connectivity index is 2.31. The Kier molecular flexibility index (Phi) is 6.74. The number of amidine groups is 1. The van der Waals surface area contributed by atoms with Crippen LogP contribution >= 0.6 is 11.8 Å². The Hall–Kier alpha value is -1.47. The third-order valence-corrected chi connectivity index (χ3v) is 5.34. The molecular formula is C20H29N3S. The zero-order valence-corrected chi connectivity index (χ0v) is 16.4. The molecule has 0 unspecified atom stereocenters. The summed E-state index contributed by atoms with van der Waals surface area (Å²) < 4.78 is 0. The molecule has 3 nitrogen and oxygen atoms in total. The Morgan fingerprint density at radius 1 is 1.29 bits per heavy atom. The predicted octanol–water partition coefficient (Wildman–Crippen LogP) is 5.23. The number of hydrogen-bond acceptors (Lipinski definition) is 3. The molecule has 1 heterocycles. The first-order valence-electron chi connectivity index (χ1n) is 8.95. The van der Waals surface area contributed by atoms with Gasteiger partial charge >= 0.3 is 0 Å². The van der Waals surface area contributed by atoms with Crippen LogP contribution in [0.25, 0.3) is 0 Å². The van der Waals surface area contributed by atoms with Gasteiger partial charge in [0.05, 0.1) is 17.3 Å². The van der Waals surface area contributed by atoms with Gasteiger partial charge in [-0.3, -0.25) is 0 Å². The van der Waals surface area contributed by atoms with Crippen LogP contribution in [0.2, 0.25) is 0 Å². The number of nitrogens with zero attached hydrogens (tertiary/aromatic N) is 3. The van der Waals surface area contributed by atoms with Crippen LogP contribution in [-0.4, -0.2) is 28.4 Å². The first-order chi connectivity index (χ1) is 11.4. The molecule has 0 saturated carbocycles. The van der Waals surface area contributed by atoms with E-state index in [-0.39, 0.29) is 0 Å². The molecule has 0 spiro atoms. The highest BCUT2D eigenvalue weighted by molar-refractivity contribution is 8.14. The summed E-state index contributed by atoms with van der Waals surface area (Å²) in [7, 11) is 0. The molecule has 0 N–H and O–H groups in total. The van der Waals surface area contributed by atoms with Crippen LogP contribution in [0.1, 0.15) is 52.2 Å². The highest BCUT2D eigenvalue weighted by atomic mass is 32.2. The average molecular weight is 344 g/mol. The van der Waals surface area contributed by atoms with Crippen LogP contribution in [0.15, 0.2) is 23.2 Å². The minimum Gasteiger partial charge on any atom is -0.347 e. The lowest BCUT2D eigenvalue weighted by molar-refractivity contribution is 0.279.